The van der Waals surface area contributed by atoms with E-state index >= 15 is 0 Å². The summed E-state index contributed by atoms with van der Waals surface area (Å²) in [6, 6.07) is 8.73. The van der Waals surface area contributed by atoms with E-state index in [0.29, 0.717) is 0 Å². The molecule has 2 rings (SSSR count). The first-order valence-corrected chi connectivity index (χ1v) is 7.25. The van der Waals surface area contributed by atoms with Gasteiger partial charge in [-0.2, -0.15) is 0 Å². The molecule has 0 amide bonds. The Kier molecular flexibility index (Phi) is 4.83. The molecule has 106 valence electrons. The molecule has 1 aromatic carbocycles. The van der Waals surface area contributed by atoms with Crippen molar-refractivity contribution in [1.29, 1.82) is 0 Å². The van der Waals surface area contributed by atoms with Gasteiger partial charge in [-0.25, -0.2) is 0 Å². The van der Waals surface area contributed by atoms with E-state index < -0.39 is 0 Å². The number of rotatable bonds is 5. The van der Waals surface area contributed by atoms with E-state index in [2.05, 4.69) is 48.3 Å². The molecule has 1 atom stereocenters. The maximum absolute atomic E-state index is 5.19. The number of hydrogen-bond acceptors (Lipinski definition) is 3. The lowest BCUT2D eigenvalue weighted by Crippen LogP contribution is -2.49. The Morgan fingerprint density at radius 2 is 2.16 bits per heavy atom. The molecule has 0 fully saturated rings. The van der Waals surface area contributed by atoms with E-state index in [1.165, 1.54) is 11.3 Å². The van der Waals surface area contributed by atoms with Crippen molar-refractivity contribution >= 4 is 5.69 Å². The van der Waals surface area contributed by atoms with Gasteiger partial charge in [0.2, 0.25) is 0 Å². The highest BCUT2D eigenvalue weighted by molar-refractivity contribution is 5.55. The first-order valence-electron chi connectivity index (χ1n) is 7.25. The molecular formula is C16H26N2O. The Hall–Kier alpha value is -1.06. The van der Waals surface area contributed by atoms with Gasteiger partial charge < -0.3 is 15.0 Å². The Morgan fingerprint density at radius 1 is 1.37 bits per heavy atom. The van der Waals surface area contributed by atoms with Crippen molar-refractivity contribution in [1.82, 2.24) is 5.32 Å². The van der Waals surface area contributed by atoms with Gasteiger partial charge in [0, 0.05) is 44.6 Å². The molecule has 1 aromatic rings. The lowest BCUT2D eigenvalue weighted by atomic mass is 9.98. The van der Waals surface area contributed by atoms with E-state index in [0.717, 1.165) is 39.1 Å². The largest absolute Gasteiger partial charge is 0.385 e. The van der Waals surface area contributed by atoms with Crippen LogP contribution in [0, 0.1) is 0 Å². The summed E-state index contributed by atoms with van der Waals surface area (Å²) in [6.07, 6.45) is 2.21. The van der Waals surface area contributed by atoms with Crippen molar-refractivity contribution in [3.63, 3.8) is 0 Å². The minimum Gasteiger partial charge on any atom is -0.385 e. The average Bonchev–Trinajstić information content (AvgIpc) is 2.58. The molecule has 0 aliphatic carbocycles. The summed E-state index contributed by atoms with van der Waals surface area (Å²) in [5.41, 5.74) is 2.96. The predicted molar refractivity (Wildman–Crippen MR) is 80.7 cm³/mol. The van der Waals surface area contributed by atoms with E-state index in [9.17, 15) is 0 Å². The van der Waals surface area contributed by atoms with Crippen molar-refractivity contribution in [2.45, 2.75) is 38.8 Å². The normalized spacial score (nSPS) is 23.0. The molecule has 1 aliphatic rings. The monoisotopic (exact) mass is 262 g/mol. The van der Waals surface area contributed by atoms with Crippen LogP contribution >= 0.6 is 0 Å². The summed E-state index contributed by atoms with van der Waals surface area (Å²) < 4.78 is 5.19. The number of fused-ring (bicyclic) bond motifs is 1. The van der Waals surface area contributed by atoms with Crippen LogP contribution in [0.3, 0.4) is 0 Å². The summed E-state index contributed by atoms with van der Waals surface area (Å²) in [4.78, 5) is 2.51. The third-order valence-electron chi connectivity index (χ3n) is 4.13. The third-order valence-corrected chi connectivity index (χ3v) is 4.13. The topological polar surface area (TPSA) is 24.5 Å². The molecular weight excluding hydrogens is 236 g/mol. The summed E-state index contributed by atoms with van der Waals surface area (Å²) in [7, 11) is 1.77. The van der Waals surface area contributed by atoms with Crippen LogP contribution < -0.4 is 10.2 Å². The number of hydrogen-bond donors (Lipinski definition) is 1. The average molecular weight is 262 g/mol. The van der Waals surface area contributed by atoms with E-state index in [4.69, 9.17) is 4.74 Å². The van der Waals surface area contributed by atoms with Gasteiger partial charge >= 0.3 is 0 Å². The number of nitrogens with zero attached hydrogens (tertiary/aromatic N) is 1. The van der Waals surface area contributed by atoms with Crippen LogP contribution in [0.25, 0.3) is 0 Å². The molecule has 0 radical (unpaired) electrons. The van der Waals surface area contributed by atoms with Crippen LogP contribution in [0.4, 0.5) is 5.69 Å². The van der Waals surface area contributed by atoms with Crippen LogP contribution in [-0.4, -0.2) is 32.3 Å². The molecule has 1 unspecified atom stereocenters. The molecule has 0 spiro atoms. The first kappa shape index (κ1) is 14.4. The number of ether oxygens (including phenoxy) is 1. The number of benzene rings is 1. The zero-order valence-electron chi connectivity index (χ0n) is 12.4. The highest BCUT2D eigenvalue weighted by Gasteiger charge is 2.28. The van der Waals surface area contributed by atoms with Crippen LogP contribution in [0.1, 0.15) is 32.3 Å². The zero-order valence-corrected chi connectivity index (χ0v) is 12.4. The van der Waals surface area contributed by atoms with E-state index in [1.54, 1.807) is 7.11 Å². The molecule has 0 aromatic heterocycles. The van der Waals surface area contributed by atoms with Crippen LogP contribution in [0.5, 0.6) is 0 Å². The number of anilines is 1. The highest BCUT2D eigenvalue weighted by Crippen LogP contribution is 2.27. The minimum atomic E-state index is 0.187. The SMILES string of the molecule is CCC1(C)CN(CCCOC)c2ccccc2CN1. The number of nitrogens with one attached hydrogen (secondary N) is 1. The second-order valence-corrected chi connectivity index (χ2v) is 5.66. The summed E-state index contributed by atoms with van der Waals surface area (Å²) in [6.45, 7) is 8.49. The molecule has 3 heteroatoms. The van der Waals surface area contributed by atoms with Gasteiger partial charge in [-0.1, -0.05) is 25.1 Å². The molecule has 0 saturated heterocycles. The molecule has 0 bridgehead atoms. The molecule has 3 nitrogen and oxygen atoms in total. The fourth-order valence-electron chi connectivity index (χ4n) is 2.68. The second-order valence-electron chi connectivity index (χ2n) is 5.66. The van der Waals surface area contributed by atoms with Gasteiger partial charge in [0.15, 0.2) is 0 Å². The molecule has 1 aliphatic heterocycles. The van der Waals surface area contributed by atoms with E-state index in [-0.39, 0.29) is 5.54 Å². The Morgan fingerprint density at radius 3 is 2.89 bits per heavy atom. The van der Waals surface area contributed by atoms with Gasteiger partial charge in [0.05, 0.1) is 0 Å². The van der Waals surface area contributed by atoms with Crippen molar-refractivity contribution in [3.8, 4) is 0 Å². The fourth-order valence-corrected chi connectivity index (χ4v) is 2.68. The van der Waals surface area contributed by atoms with Crippen LogP contribution in [0.15, 0.2) is 24.3 Å². The maximum Gasteiger partial charge on any atom is 0.0479 e. The van der Waals surface area contributed by atoms with Crippen molar-refractivity contribution < 1.29 is 4.74 Å². The molecule has 1 N–H and O–H groups in total. The Labute approximate surface area is 116 Å². The van der Waals surface area contributed by atoms with Gasteiger partial charge in [-0.15, -0.1) is 0 Å². The lowest BCUT2D eigenvalue weighted by molar-refractivity contribution is 0.195. The van der Waals surface area contributed by atoms with Gasteiger partial charge in [0.25, 0.3) is 0 Å². The van der Waals surface area contributed by atoms with Crippen LogP contribution in [-0.2, 0) is 11.3 Å². The predicted octanol–water partition coefficient (Wildman–Crippen LogP) is 2.80. The Balaban J connectivity index is 2.19. The summed E-state index contributed by atoms with van der Waals surface area (Å²) in [5.74, 6) is 0. The summed E-state index contributed by atoms with van der Waals surface area (Å²) in [5, 5.41) is 3.71. The van der Waals surface area contributed by atoms with Crippen LogP contribution in [0.2, 0.25) is 0 Å². The zero-order chi connectivity index (χ0) is 13.7. The summed E-state index contributed by atoms with van der Waals surface area (Å²) >= 11 is 0. The van der Waals surface area contributed by atoms with Gasteiger partial charge in [-0.3, -0.25) is 0 Å². The lowest BCUT2D eigenvalue weighted by Gasteiger charge is -2.34. The molecule has 0 saturated carbocycles. The van der Waals surface area contributed by atoms with Crippen molar-refractivity contribution in [3.05, 3.63) is 29.8 Å². The number of para-hydroxylation sites is 1. The minimum absolute atomic E-state index is 0.187. The third kappa shape index (κ3) is 3.48. The smallest absolute Gasteiger partial charge is 0.0479 e. The Bertz CT molecular complexity index is 407. The first-order chi connectivity index (χ1) is 9.18. The van der Waals surface area contributed by atoms with Gasteiger partial charge in [0.1, 0.15) is 0 Å². The van der Waals surface area contributed by atoms with Gasteiger partial charge in [-0.05, 0) is 31.4 Å². The second kappa shape index (κ2) is 6.40. The highest BCUT2D eigenvalue weighted by atomic mass is 16.5. The van der Waals surface area contributed by atoms with Crippen molar-refractivity contribution in [2.75, 3.05) is 31.7 Å². The maximum atomic E-state index is 5.19. The quantitative estimate of drug-likeness (QED) is 0.826. The molecule has 1 heterocycles. The van der Waals surface area contributed by atoms with E-state index in [1.807, 2.05) is 0 Å². The van der Waals surface area contributed by atoms with Crippen molar-refractivity contribution in [2.24, 2.45) is 0 Å². The standard InChI is InChI=1S/C16H26N2O/c1-4-16(2)13-18(10-7-11-19-3)15-9-6-5-8-14(15)12-17-16/h5-6,8-9,17H,4,7,10-13H2,1-3H3. The molecule has 19 heavy (non-hydrogen) atoms. The fraction of sp³-hybridized carbons (Fsp3) is 0.625. The number of methoxy groups -OCH3 is 1.